The van der Waals surface area contributed by atoms with Crippen LogP contribution in [0.15, 0.2) is 52.8 Å². The number of aliphatic hydroxyl groups is 2. The molecule has 4 N–H and O–H groups in total. The third-order valence-electron chi connectivity index (χ3n) is 11.2. The van der Waals surface area contributed by atoms with Gasteiger partial charge in [0.2, 0.25) is 0 Å². The molecule has 3 aliphatic rings. The first-order valence-electron chi connectivity index (χ1n) is 16.3. The van der Waals surface area contributed by atoms with Gasteiger partial charge in [-0.15, -0.1) is 0 Å². The zero-order valence-electron chi connectivity index (χ0n) is 29.1. The average Bonchev–Trinajstić information content (AvgIpc) is 2.92. The third-order valence-corrected chi connectivity index (χ3v) is 11.2. The van der Waals surface area contributed by atoms with Gasteiger partial charge in [0.25, 0.3) is 0 Å². The molecule has 1 saturated heterocycles. The Morgan fingerprint density at radius 1 is 0.978 bits per heavy atom. The van der Waals surface area contributed by atoms with Gasteiger partial charge in [0.05, 0.1) is 17.1 Å². The predicted octanol–water partition coefficient (Wildman–Crippen LogP) is 6.75. The van der Waals surface area contributed by atoms with E-state index in [0.29, 0.717) is 12.8 Å². The monoisotopic (exact) mass is 636 g/mol. The molecule has 1 aromatic rings. The number of phenolic OH excluding ortho intramolecular Hbond substituents is 2. The summed E-state index contributed by atoms with van der Waals surface area (Å²) in [6.45, 7) is 18.5. The van der Waals surface area contributed by atoms with Gasteiger partial charge in [0.1, 0.15) is 22.3 Å². The van der Waals surface area contributed by atoms with Crippen LogP contribution in [-0.4, -0.2) is 55.1 Å². The summed E-state index contributed by atoms with van der Waals surface area (Å²) in [7, 11) is 0. The number of hydrogen-bond acceptors (Lipinski definition) is 8. The highest BCUT2D eigenvalue weighted by atomic mass is 16.5. The van der Waals surface area contributed by atoms with Crippen LogP contribution in [-0.2, 0) is 14.3 Å². The van der Waals surface area contributed by atoms with Gasteiger partial charge in [-0.3, -0.25) is 14.4 Å². The number of rotatable bonds is 9. The average molecular weight is 637 g/mol. The number of aliphatic hydroxyl groups excluding tert-OH is 1. The maximum atomic E-state index is 15.4. The summed E-state index contributed by atoms with van der Waals surface area (Å²) >= 11 is 0. The number of allylic oxidation sites excluding steroid dienone is 6. The molecule has 46 heavy (non-hydrogen) atoms. The minimum Gasteiger partial charge on any atom is -0.504 e. The Balaban J connectivity index is 2.08. The molecule has 1 aromatic carbocycles. The van der Waals surface area contributed by atoms with E-state index in [4.69, 9.17) is 4.74 Å². The molecule has 0 aromatic heterocycles. The van der Waals surface area contributed by atoms with Crippen molar-refractivity contribution in [2.45, 2.75) is 119 Å². The second-order valence-electron chi connectivity index (χ2n) is 16.0. The van der Waals surface area contributed by atoms with E-state index < -0.39 is 62.5 Å². The number of hydrogen-bond donors (Lipinski definition) is 4. The number of ether oxygens (including phenoxy) is 1. The van der Waals surface area contributed by atoms with Crippen molar-refractivity contribution in [2.75, 3.05) is 0 Å². The van der Waals surface area contributed by atoms with Crippen molar-refractivity contribution in [2.24, 2.45) is 28.1 Å². The van der Waals surface area contributed by atoms with Crippen LogP contribution >= 0.6 is 0 Å². The van der Waals surface area contributed by atoms with Gasteiger partial charge >= 0.3 is 0 Å². The van der Waals surface area contributed by atoms with Crippen molar-refractivity contribution in [3.05, 3.63) is 58.4 Å². The van der Waals surface area contributed by atoms with Crippen LogP contribution in [0.4, 0.5) is 0 Å². The molecule has 1 heterocycles. The van der Waals surface area contributed by atoms with E-state index >= 15 is 9.59 Å². The van der Waals surface area contributed by atoms with Crippen molar-refractivity contribution < 1.29 is 39.5 Å². The van der Waals surface area contributed by atoms with Crippen molar-refractivity contribution in [1.29, 1.82) is 0 Å². The van der Waals surface area contributed by atoms with E-state index in [1.165, 1.54) is 26.0 Å². The Morgan fingerprint density at radius 2 is 1.57 bits per heavy atom. The number of carbonyl (C=O) groups excluding carboxylic acids is 3. The molecule has 8 nitrogen and oxygen atoms in total. The van der Waals surface area contributed by atoms with Crippen LogP contribution in [0.2, 0.25) is 0 Å². The van der Waals surface area contributed by atoms with Gasteiger partial charge in [0.15, 0.2) is 28.8 Å². The lowest BCUT2D eigenvalue weighted by molar-refractivity contribution is -0.192. The maximum Gasteiger partial charge on any atom is 0.200 e. The van der Waals surface area contributed by atoms with E-state index in [0.717, 1.165) is 17.2 Å². The molecule has 2 aliphatic carbocycles. The summed E-state index contributed by atoms with van der Waals surface area (Å²) in [6, 6.07) is 3.67. The largest absolute Gasteiger partial charge is 0.504 e. The first-order chi connectivity index (χ1) is 21.0. The second kappa shape index (κ2) is 11.8. The Labute approximate surface area is 273 Å². The van der Waals surface area contributed by atoms with E-state index in [-0.39, 0.29) is 47.9 Å². The van der Waals surface area contributed by atoms with Crippen molar-refractivity contribution in [1.82, 2.24) is 0 Å². The van der Waals surface area contributed by atoms with Crippen LogP contribution in [0.3, 0.4) is 0 Å². The number of carbonyl (C=O) groups is 3. The topological polar surface area (TPSA) is 141 Å². The zero-order chi connectivity index (χ0) is 34.8. The number of fused-ring (bicyclic) bond motifs is 1. The Bertz CT molecular complexity index is 1530. The summed E-state index contributed by atoms with van der Waals surface area (Å²) in [5.41, 5.74) is -4.38. The predicted molar refractivity (Wildman–Crippen MR) is 176 cm³/mol. The second-order valence-corrected chi connectivity index (χ2v) is 16.0. The smallest absolute Gasteiger partial charge is 0.200 e. The van der Waals surface area contributed by atoms with Gasteiger partial charge in [-0.25, -0.2) is 0 Å². The molecular weight excluding hydrogens is 584 g/mol. The molecule has 2 fully saturated rings. The van der Waals surface area contributed by atoms with E-state index in [1.807, 2.05) is 61.5 Å². The first-order valence-corrected chi connectivity index (χ1v) is 16.3. The van der Waals surface area contributed by atoms with Gasteiger partial charge < -0.3 is 25.2 Å². The summed E-state index contributed by atoms with van der Waals surface area (Å²) in [6.07, 6.45) is 4.36. The van der Waals surface area contributed by atoms with Gasteiger partial charge in [-0.1, -0.05) is 37.1 Å². The number of ketones is 3. The molecule has 0 amide bonds. The fourth-order valence-electron chi connectivity index (χ4n) is 7.90. The quantitative estimate of drug-likeness (QED) is 0.0767. The number of phenols is 2. The highest BCUT2D eigenvalue weighted by molar-refractivity contribution is 6.35. The number of Topliss-reactive ketones (excluding diaryl/α,β-unsaturated/α-hetero) is 3. The molecule has 1 saturated carbocycles. The maximum absolute atomic E-state index is 15.4. The Hall–Kier alpha value is -3.23. The molecule has 2 bridgehead atoms. The van der Waals surface area contributed by atoms with E-state index in [1.54, 1.807) is 0 Å². The zero-order valence-corrected chi connectivity index (χ0v) is 29.1. The number of aromatic hydroxyl groups is 2. The molecule has 5 atom stereocenters. The molecule has 4 rings (SSSR count). The fraction of sp³-hybridized carbons (Fsp3) is 0.605. The van der Waals surface area contributed by atoms with Crippen LogP contribution < -0.4 is 0 Å². The summed E-state index contributed by atoms with van der Waals surface area (Å²) in [5.74, 6) is -2.92. The molecular formula is C38H52O8. The summed E-state index contributed by atoms with van der Waals surface area (Å²) in [4.78, 5) is 45.1. The molecule has 0 radical (unpaired) electrons. The summed E-state index contributed by atoms with van der Waals surface area (Å²) < 4.78 is 6.72. The molecule has 1 spiro atoms. The van der Waals surface area contributed by atoms with Gasteiger partial charge in [-0.2, -0.15) is 0 Å². The lowest BCUT2D eigenvalue weighted by atomic mass is 9.39. The molecule has 1 unspecified atom stereocenters. The van der Waals surface area contributed by atoms with E-state index in [2.05, 4.69) is 6.08 Å². The van der Waals surface area contributed by atoms with E-state index in [9.17, 15) is 25.2 Å². The van der Waals surface area contributed by atoms with Crippen LogP contribution in [0.1, 0.15) is 112 Å². The van der Waals surface area contributed by atoms with Crippen molar-refractivity contribution in [3.63, 3.8) is 0 Å². The van der Waals surface area contributed by atoms with Crippen LogP contribution in [0.25, 0.3) is 0 Å². The molecule has 252 valence electrons. The van der Waals surface area contributed by atoms with Crippen LogP contribution in [0, 0.1) is 28.1 Å². The SMILES string of the molecule is CC(C)=CC[C@H]1C[C@]23C[C@H](CC(O)C(C)(C)O)C(C)(C)OC2=C(C(=O)c2ccc(O)c(O)c2)C(=O)[C@@](CC=C(C)C)(C3=O)C1(C)C. The molecule has 1 aliphatic heterocycles. The van der Waals surface area contributed by atoms with Crippen molar-refractivity contribution >= 4 is 17.3 Å². The third kappa shape index (κ3) is 5.66. The number of benzene rings is 1. The van der Waals surface area contributed by atoms with Gasteiger partial charge in [-0.05, 0) is 117 Å². The van der Waals surface area contributed by atoms with Crippen LogP contribution in [0.5, 0.6) is 11.5 Å². The van der Waals surface area contributed by atoms with Crippen molar-refractivity contribution in [3.8, 4) is 11.5 Å². The lowest BCUT2D eigenvalue weighted by Crippen LogP contribution is -2.69. The fourth-order valence-corrected chi connectivity index (χ4v) is 7.90. The standard InChI is InChI=1S/C38H52O8/c1-21(2)11-13-24-19-37-20-25(18-28(41)35(7,8)45)36(9,10)46-32(37)29(30(42)23-12-14-26(39)27(40)17-23)31(43)38(33(37)44,34(24,5)6)16-15-22(3)4/h11-12,14-15,17,24-25,28,39-41,45H,13,16,18-20H2,1-10H3/t24-,25-,28?,37-,38-/m0/s1. The molecule has 8 heteroatoms. The Kier molecular flexibility index (Phi) is 9.12. The lowest BCUT2D eigenvalue weighted by Gasteiger charge is -2.64. The highest BCUT2D eigenvalue weighted by Gasteiger charge is 2.74. The Morgan fingerprint density at radius 3 is 2.11 bits per heavy atom. The minimum absolute atomic E-state index is 0.00837. The normalized spacial score (nSPS) is 29.0. The van der Waals surface area contributed by atoms with Gasteiger partial charge in [0, 0.05) is 11.5 Å². The minimum atomic E-state index is -1.60. The highest BCUT2D eigenvalue weighted by Crippen LogP contribution is 2.69. The summed E-state index contributed by atoms with van der Waals surface area (Å²) in [5, 5.41) is 41.9. The first kappa shape index (κ1) is 35.6.